The van der Waals surface area contributed by atoms with Crippen LogP contribution in [0.1, 0.15) is 18.2 Å². The number of hydrogen-bond acceptors (Lipinski definition) is 5. The molecule has 0 aliphatic carbocycles. The zero-order chi connectivity index (χ0) is 14.9. The van der Waals surface area contributed by atoms with Gasteiger partial charge in [-0.2, -0.15) is 0 Å². The lowest BCUT2D eigenvalue weighted by Gasteiger charge is -2.02. The number of fused-ring (bicyclic) bond motifs is 1. The Morgan fingerprint density at radius 2 is 2.32 bits per heavy atom. The summed E-state index contributed by atoms with van der Waals surface area (Å²) >= 11 is 0. The fourth-order valence-electron chi connectivity index (χ4n) is 2.84. The van der Waals surface area contributed by atoms with Gasteiger partial charge in [0.15, 0.2) is 5.82 Å². The molecule has 1 unspecified atom stereocenters. The van der Waals surface area contributed by atoms with Crippen molar-refractivity contribution in [2.75, 3.05) is 19.8 Å². The van der Waals surface area contributed by atoms with Crippen LogP contribution in [0.15, 0.2) is 24.5 Å². The summed E-state index contributed by atoms with van der Waals surface area (Å²) in [5.41, 5.74) is 2.84. The van der Waals surface area contributed by atoms with E-state index in [0.717, 1.165) is 41.3 Å². The minimum atomic E-state index is 0.0993. The number of imidazole rings is 1. The van der Waals surface area contributed by atoms with Crippen LogP contribution in [0.4, 0.5) is 0 Å². The second-order valence-corrected chi connectivity index (χ2v) is 5.48. The minimum absolute atomic E-state index is 0.0993. The first kappa shape index (κ1) is 13.4. The van der Waals surface area contributed by atoms with Gasteiger partial charge in [0.2, 0.25) is 0 Å². The topological polar surface area (TPSA) is 88.8 Å². The molecule has 0 bridgehead atoms. The zero-order valence-electron chi connectivity index (χ0n) is 12.1. The van der Waals surface area contributed by atoms with Crippen LogP contribution in [0.2, 0.25) is 0 Å². The number of rotatable bonds is 4. The predicted octanol–water partition coefficient (Wildman–Crippen LogP) is 1.32. The number of benzene rings is 1. The number of nitrogens with one attached hydrogen (secondary N) is 1. The van der Waals surface area contributed by atoms with E-state index in [9.17, 15) is 0 Å². The Hall–Kier alpha value is -2.25. The maximum atomic E-state index is 9.05. The number of ether oxygens (including phenoxy) is 1. The van der Waals surface area contributed by atoms with Crippen LogP contribution in [0.25, 0.3) is 22.4 Å². The second kappa shape index (κ2) is 5.51. The van der Waals surface area contributed by atoms with Gasteiger partial charge in [0.25, 0.3) is 0 Å². The Morgan fingerprint density at radius 3 is 3.14 bits per heavy atom. The Kier molecular flexibility index (Phi) is 3.36. The van der Waals surface area contributed by atoms with Gasteiger partial charge in [-0.3, -0.25) is 0 Å². The second-order valence-electron chi connectivity index (χ2n) is 5.48. The molecule has 0 radical (unpaired) electrons. The van der Waals surface area contributed by atoms with Crippen molar-refractivity contribution in [3.8, 4) is 11.4 Å². The number of aromatic nitrogens is 5. The molecule has 0 amide bonds. The third-order valence-corrected chi connectivity index (χ3v) is 4.06. The molecule has 2 N–H and O–H groups in total. The maximum Gasteiger partial charge on any atom is 0.161 e. The molecule has 3 heterocycles. The van der Waals surface area contributed by atoms with E-state index in [2.05, 4.69) is 20.2 Å². The largest absolute Gasteiger partial charge is 0.395 e. The average molecular weight is 299 g/mol. The summed E-state index contributed by atoms with van der Waals surface area (Å²) in [6.45, 7) is 2.14. The van der Waals surface area contributed by atoms with E-state index in [0.29, 0.717) is 19.1 Å². The molecule has 114 valence electrons. The molecule has 1 atom stereocenters. The number of aliphatic hydroxyl groups excluding tert-OH is 1. The fourth-order valence-corrected chi connectivity index (χ4v) is 2.84. The van der Waals surface area contributed by atoms with Crippen LogP contribution in [0, 0.1) is 0 Å². The lowest BCUT2D eigenvalue weighted by molar-refractivity contribution is 0.193. The first-order valence-corrected chi connectivity index (χ1v) is 7.41. The van der Waals surface area contributed by atoms with Crippen molar-refractivity contribution in [3.63, 3.8) is 0 Å². The number of H-pyrrole nitrogens is 1. The molecule has 3 aromatic rings. The molecular weight excluding hydrogens is 282 g/mol. The fraction of sp³-hybridized carbons (Fsp3) is 0.400. The van der Waals surface area contributed by atoms with Gasteiger partial charge in [-0.25, -0.2) is 4.98 Å². The van der Waals surface area contributed by atoms with Gasteiger partial charge in [-0.15, -0.1) is 10.2 Å². The van der Waals surface area contributed by atoms with Gasteiger partial charge in [0.1, 0.15) is 5.82 Å². The lowest BCUT2D eigenvalue weighted by atomic mass is 10.1. The molecule has 2 aromatic heterocycles. The van der Waals surface area contributed by atoms with E-state index in [1.165, 1.54) is 0 Å². The molecule has 1 saturated heterocycles. The summed E-state index contributed by atoms with van der Waals surface area (Å²) in [5.74, 6) is 1.95. The summed E-state index contributed by atoms with van der Waals surface area (Å²) in [5, 5.41) is 17.5. The van der Waals surface area contributed by atoms with Gasteiger partial charge < -0.3 is 19.4 Å². The standard InChI is InChI=1S/C15H17N5O2/c21-5-4-20-9-16-12-7-10(1-2-13(12)20)14-17-15(19-18-14)11-3-6-22-8-11/h1-2,7,9,11,21H,3-6,8H2,(H,17,18,19). The normalized spacial score (nSPS) is 18.3. The van der Waals surface area contributed by atoms with Gasteiger partial charge in [0, 0.05) is 24.6 Å². The van der Waals surface area contributed by atoms with Crippen molar-refractivity contribution < 1.29 is 9.84 Å². The van der Waals surface area contributed by atoms with Crippen LogP contribution in [-0.2, 0) is 11.3 Å². The summed E-state index contributed by atoms with van der Waals surface area (Å²) in [4.78, 5) is 7.67. The van der Waals surface area contributed by atoms with Crippen molar-refractivity contribution in [1.82, 2.24) is 24.7 Å². The summed E-state index contributed by atoms with van der Waals surface area (Å²) in [6, 6.07) is 5.97. The van der Waals surface area contributed by atoms with Gasteiger partial charge in [-0.1, -0.05) is 0 Å². The molecule has 22 heavy (non-hydrogen) atoms. The molecule has 0 spiro atoms. The molecule has 1 fully saturated rings. The van der Waals surface area contributed by atoms with E-state index >= 15 is 0 Å². The third kappa shape index (κ3) is 2.28. The molecular formula is C15H17N5O2. The molecule has 4 rings (SSSR count). The highest BCUT2D eigenvalue weighted by molar-refractivity contribution is 5.80. The SMILES string of the molecule is OCCn1cnc2cc(-c3nnc(C4CCOC4)[nH]3)ccc21. The van der Waals surface area contributed by atoms with Crippen LogP contribution < -0.4 is 0 Å². The van der Waals surface area contributed by atoms with Gasteiger partial charge >= 0.3 is 0 Å². The molecule has 0 saturated carbocycles. The first-order chi connectivity index (χ1) is 10.8. The van der Waals surface area contributed by atoms with Gasteiger partial charge in [-0.05, 0) is 24.6 Å². The Labute approximate surface area is 127 Å². The van der Waals surface area contributed by atoms with E-state index in [4.69, 9.17) is 9.84 Å². The third-order valence-electron chi connectivity index (χ3n) is 4.06. The van der Waals surface area contributed by atoms with E-state index in [1.807, 2.05) is 22.8 Å². The van der Waals surface area contributed by atoms with E-state index in [-0.39, 0.29) is 6.61 Å². The first-order valence-electron chi connectivity index (χ1n) is 7.41. The van der Waals surface area contributed by atoms with Crippen molar-refractivity contribution >= 4 is 11.0 Å². The molecule has 1 aliphatic rings. The Bertz CT molecular complexity index is 788. The van der Waals surface area contributed by atoms with Crippen molar-refractivity contribution in [2.24, 2.45) is 0 Å². The van der Waals surface area contributed by atoms with E-state index in [1.54, 1.807) is 6.33 Å². The van der Waals surface area contributed by atoms with Crippen molar-refractivity contribution in [1.29, 1.82) is 0 Å². The number of hydrogen-bond donors (Lipinski definition) is 2. The van der Waals surface area contributed by atoms with E-state index < -0.39 is 0 Å². The summed E-state index contributed by atoms with van der Waals surface area (Å²) in [7, 11) is 0. The molecule has 1 aromatic carbocycles. The highest BCUT2D eigenvalue weighted by atomic mass is 16.5. The summed E-state index contributed by atoms with van der Waals surface area (Å²) < 4.78 is 7.32. The Morgan fingerprint density at radius 1 is 1.36 bits per heavy atom. The quantitative estimate of drug-likeness (QED) is 0.758. The maximum absolute atomic E-state index is 9.05. The van der Waals surface area contributed by atoms with Crippen LogP contribution in [-0.4, -0.2) is 49.7 Å². The molecule has 1 aliphatic heterocycles. The highest BCUT2D eigenvalue weighted by Crippen LogP contribution is 2.25. The zero-order valence-corrected chi connectivity index (χ0v) is 12.1. The summed E-state index contributed by atoms with van der Waals surface area (Å²) in [6.07, 6.45) is 2.73. The number of aromatic amines is 1. The highest BCUT2D eigenvalue weighted by Gasteiger charge is 2.21. The average Bonchev–Trinajstić information content (AvgIpc) is 3.27. The monoisotopic (exact) mass is 299 g/mol. The van der Waals surface area contributed by atoms with Crippen LogP contribution in [0.5, 0.6) is 0 Å². The van der Waals surface area contributed by atoms with Crippen LogP contribution in [0.3, 0.4) is 0 Å². The van der Waals surface area contributed by atoms with Crippen molar-refractivity contribution in [2.45, 2.75) is 18.9 Å². The molecule has 7 nitrogen and oxygen atoms in total. The number of aliphatic hydroxyl groups is 1. The minimum Gasteiger partial charge on any atom is -0.395 e. The number of nitrogens with zero attached hydrogens (tertiary/aromatic N) is 4. The molecule has 7 heteroatoms. The van der Waals surface area contributed by atoms with Gasteiger partial charge in [0.05, 0.1) is 30.6 Å². The lowest BCUT2D eigenvalue weighted by Crippen LogP contribution is -2.00. The van der Waals surface area contributed by atoms with Crippen LogP contribution >= 0.6 is 0 Å². The predicted molar refractivity (Wildman–Crippen MR) is 80.4 cm³/mol. The Balaban J connectivity index is 1.66. The smallest absolute Gasteiger partial charge is 0.161 e. The van der Waals surface area contributed by atoms with Crippen molar-refractivity contribution in [3.05, 3.63) is 30.4 Å².